The van der Waals surface area contributed by atoms with Crippen molar-refractivity contribution in [2.24, 2.45) is 0 Å². The first-order chi connectivity index (χ1) is 10.9. The molecule has 23 heavy (non-hydrogen) atoms. The average Bonchev–Trinajstić information content (AvgIpc) is 2.55. The Kier molecular flexibility index (Phi) is 4.55. The van der Waals surface area contributed by atoms with Gasteiger partial charge in [-0.3, -0.25) is 10.1 Å². The number of ether oxygens (including phenoxy) is 1. The smallest absolute Gasteiger partial charge is 0.343 e. The van der Waals surface area contributed by atoms with Crippen molar-refractivity contribution >= 4 is 22.6 Å². The van der Waals surface area contributed by atoms with Crippen LogP contribution in [0, 0.1) is 10.1 Å². The number of nitrogens with zero attached hydrogens (tertiary/aromatic N) is 1. The topological polar surface area (TPSA) is 120 Å². The molecule has 8 heteroatoms. The molecule has 4 aromatic rings. The number of nitro groups is 1. The summed E-state index contributed by atoms with van der Waals surface area (Å²) in [6, 6.07) is 10.3. The van der Waals surface area contributed by atoms with Gasteiger partial charge in [-0.2, -0.15) is 0 Å². The van der Waals surface area contributed by atoms with Gasteiger partial charge in [0.25, 0.3) is 5.69 Å². The second-order valence-corrected chi connectivity index (χ2v) is 4.33. The van der Waals surface area contributed by atoms with Crippen molar-refractivity contribution in [2.45, 2.75) is 0 Å². The molecule has 0 spiro atoms. The van der Waals surface area contributed by atoms with E-state index in [-0.39, 0.29) is 16.9 Å². The van der Waals surface area contributed by atoms with E-state index in [0.717, 1.165) is 6.07 Å². The van der Waals surface area contributed by atoms with Crippen molar-refractivity contribution < 1.29 is 24.0 Å². The van der Waals surface area contributed by atoms with Crippen LogP contribution in [0.25, 0.3) is 11.0 Å². The number of fused-ring (bicyclic) bond motifs is 3. The highest BCUT2D eigenvalue weighted by atomic mass is 16.6. The van der Waals surface area contributed by atoms with Crippen molar-refractivity contribution in [2.75, 3.05) is 7.11 Å². The van der Waals surface area contributed by atoms with Gasteiger partial charge in [-0.05, 0) is 24.3 Å². The molecule has 118 valence electrons. The molecule has 2 aromatic carbocycles. The summed E-state index contributed by atoms with van der Waals surface area (Å²) in [5, 5.41) is 19.3. The fraction of sp³-hybridized carbons (Fsp3) is 0.0667. The molecule has 0 unspecified atom stereocenters. The summed E-state index contributed by atoms with van der Waals surface area (Å²) in [5.41, 5.74) is -0.483. The van der Waals surface area contributed by atoms with Gasteiger partial charge in [0.15, 0.2) is 11.3 Å². The number of rotatable bonds is 3. The molecule has 0 aliphatic rings. The van der Waals surface area contributed by atoms with Gasteiger partial charge < -0.3 is 14.3 Å². The minimum atomic E-state index is -1.29. The molecule has 8 nitrogen and oxygen atoms in total. The molecule has 0 saturated heterocycles. The van der Waals surface area contributed by atoms with Crippen molar-refractivity contribution in [3.8, 4) is 5.75 Å². The van der Waals surface area contributed by atoms with E-state index in [1.54, 1.807) is 25.3 Å². The second-order valence-electron chi connectivity index (χ2n) is 4.33. The Morgan fingerprint density at radius 3 is 2.39 bits per heavy atom. The number of methoxy groups -OCH3 is 1. The summed E-state index contributed by atoms with van der Waals surface area (Å²) in [5.74, 6) is -0.676. The predicted molar refractivity (Wildman–Crippen MR) is 80.3 cm³/mol. The first-order valence-corrected chi connectivity index (χ1v) is 6.31. The van der Waals surface area contributed by atoms with Crippen molar-refractivity contribution in [1.82, 2.24) is 0 Å². The number of carbonyl (C=O) groups is 1. The minimum absolute atomic E-state index is 0.289. The Morgan fingerprint density at radius 1 is 1.26 bits per heavy atom. The minimum Gasteiger partial charge on any atom is -0.493 e. The van der Waals surface area contributed by atoms with Crippen LogP contribution in [0.4, 0.5) is 5.69 Å². The molecule has 0 saturated carbocycles. The van der Waals surface area contributed by atoms with Gasteiger partial charge in [0, 0.05) is 6.07 Å². The van der Waals surface area contributed by atoms with Gasteiger partial charge in [0.05, 0.1) is 17.4 Å². The highest BCUT2D eigenvalue weighted by Gasteiger charge is 2.17. The van der Waals surface area contributed by atoms with Gasteiger partial charge in [-0.15, -0.1) is 0 Å². The lowest BCUT2D eigenvalue weighted by Gasteiger charge is -2.02. The van der Waals surface area contributed by atoms with E-state index < -0.39 is 10.9 Å². The summed E-state index contributed by atoms with van der Waals surface area (Å²) in [6.07, 6.45) is 0. The van der Waals surface area contributed by atoms with E-state index in [9.17, 15) is 19.7 Å². The molecule has 0 aliphatic heterocycles. The number of benzene rings is 2. The van der Waals surface area contributed by atoms with Crippen LogP contribution in [0.5, 0.6) is 5.75 Å². The Balaban J connectivity index is 0.000000167. The van der Waals surface area contributed by atoms with Crippen LogP contribution in [-0.4, -0.2) is 23.1 Å². The molecular formula is C15H11NO7. The van der Waals surface area contributed by atoms with Crippen LogP contribution < -0.4 is 10.4 Å². The molecule has 2 bridgehead atoms. The van der Waals surface area contributed by atoms with Crippen LogP contribution in [0.15, 0.2) is 51.7 Å². The Hall–Kier alpha value is -3.42. The lowest BCUT2D eigenvalue weighted by molar-refractivity contribution is -0.385. The van der Waals surface area contributed by atoms with Gasteiger partial charge in [-0.25, -0.2) is 9.59 Å². The maximum atomic E-state index is 10.9. The number of carboxylic acids is 1. The van der Waals surface area contributed by atoms with E-state index in [2.05, 4.69) is 0 Å². The second kappa shape index (κ2) is 6.56. The van der Waals surface area contributed by atoms with E-state index in [1.807, 2.05) is 0 Å². The normalized spacial score (nSPS) is 9.96. The highest BCUT2D eigenvalue weighted by Crippen LogP contribution is 2.21. The molecule has 2 heterocycles. The van der Waals surface area contributed by atoms with Gasteiger partial charge in [-0.1, -0.05) is 12.1 Å². The molecule has 2 aromatic heterocycles. The molecular weight excluding hydrogens is 306 g/mol. The van der Waals surface area contributed by atoms with E-state index in [4.69, 9.17) is 14.3 Å². The van der Waals surface area contributed by atoms with E-state index in [1.165, 1.54) is 18.2 Å². The highest BCUT2D eigenvalue weighted by molar-refractivity contribution is 5.92. The largest absolute Gasteiger partial charge is 0.493 e. The number of aromatic carboxylic acids is 1. The Labute approximate surface area is 129 Å². The summed E-state index contributed by atoms with van der Waals surface area (Å²) in [7, 11) is 1.54. The lowest BCUT2D eigenvalue weighted by Crippen LogP contribution is -2.01. The van der Waals surface area contributed by atoms with Gasteiger partial charge in [0.1, 0.15) is 5.56 Å². The Morgan fingerprint density at radius 2 is 1.96 bits per heavy atom. The third kappa shape index (κ3) is 3.43. The molecule has 0 atom stereocenters. The zero-order chi connectivity index (χ0) is 17.0. The number of para-hydroxylation sites is 1. The van der Waals surface area contributed by atoms with Crippen molar-refractivity contribution in [3.05, 3.63) is 68.6 Å². The van der Waals surface area contributed by atoms with Crippen LogP contribution in [0.2, 0.25) is 0 Å². The lowest BCUT2D eigenvalue weighted by atomic mass is 10.2. The van der Waals surface area contributed by atoms with Crippen LogP contribution >= 0.6 is 0 Å². The third-order valence-corrected chi connectivity index (χ3v) is 2.93. The number of hydrogen-bond donors (Lipinski definition) is 1. The van der Waals surface area contributed by atoms with Gasteiger partial charge in [0.2, 0.25) is 0 Å². The SMILES string of the molecule is COc1cc2ccc1oc2=O.O=C(O)c1ccccc1[N+](=O)[O-]. The maximum Gasteiger partial charge on any atom is 0.343 e. The first-order valence-electron chi connectivity index (χ1n) is 6.31. The summed E-state index contributed by atoms with van der Waals surface area (Å²) < 4.78 is 9.80. The first kappa shape index (κ1) is 16.0. The Bertz CT molecular complexity index is 867. The van der Waals surface area contributed by atoms with Gasteiger partial charge >= 0.3 is 11.6 Å². The van der Waals surface area contributed by atoms with E-state index in [0.29, 0.717) is 16.7 Å². The molecule has 0 aliphatic carbocycles. The predicted octanol–water partition coefficient (Wildman–Crippen LogP) is 2.53. The van der Waals surface area contributed by atoms with Crippen molar-refractivity contribution in [1.29, 1.82) is 0 Å². The number of hydrogen-bond acceptors (Lipinski definition) is 6. The van der Waals surface area contributed by atoms with Crippen LogP contribution in [-0.2, 0) is 0 Å². The van der Waals surface area contributed by atoms with Crippen molar-refractivity contribution in [3.63, 3.8) is 0 Å². The fourth-order valence-corrected chi connectivity index (χ4v) is 1.85. The molecule has 0 radical (unpaired) electrons. The molecule has 1 N–H and O–H groups in total. The van der Waals surface area contributed by atoms with Crippen LogP contribution in [0.3, 0.4) is 0 Å². The quantitative estimate of drug-likeness (QED) is 0.582. The molecule has 0 fully saturated rings. The standard InChI is InChI=1S/C8H6O3.C7H5NO4/c1-10-7-4-5-2-3-6(7)11-8(5)9;9-7(10)5-3-1-2-4-6(5)8(11)12/h2-4H,1H3;1-4H,(H,9,10). The maximum absolute atomic E-state index is 10.9. The summed E-state index contributed by atoms with van der Waals surface area (Å²) >= 11 is 0. The number of carboxylic acid groups (broad SMARTS) is 1. The number of nitro benzene ring substituents is 1. The third-order valence-electron chi connectivity index (χ3n) is 2.93. The van der Waals surface area contributed by atoms with E-state index >= 15 is 0 Å². The molecule has 0 amide bonds. The van der Waals surface area contributed by atoms with Crippen LogP contribution in [0.1, 0.15) is 10.4 Å². The average molecular weight is 317 g/mol. The summed E-state index contributed by atoms with van der Waals surface area (Å²) in [4.78, 5) is 30.9. The molecule has 4 rings (SSSR count). The zero-order valence-corrected chi connectivity index (χ0v) is 11.9. The zero-order valence-electron chi connectivity index (χ0n) is 11.9. The summed E-state index contributed by atoms with van der Waals surface area (Å²) in [6.45, 7) is 0. The fourth-order valence-electron chi connectivity index (χ4n) is 1.85. The monoisotopic (exact) mass is 317 g/mol.